The van der Waals surface area contributed by atoms with E-state index in [2.05, 4.69) is 17.2 Å². The number of pyridine rings is 1. The molecular formula is C13H18F3N3. The summed E-state index contributed by atoms with van der Waals surface area (Å²) >= 11 is 0. The molecule has 1 aromatic heterocycles. The van der Waals surface area contributed by atoms with E-state index in [0.717, 1.165) is 37.8 Å². The van der Waals surface area contributed by atoms with E-state index in [1.807, 2.05) is 0 Å². The number of alkyl halides is 3. The van der Waals surface area contributed by atoms with Gasteiger partial charge in [0, 0.05) is 6.04 Å². The van der Waals surface area contributed by atoms with Gasteiger partial charge in [-0.1, -0.05) is 6.92 Å². The fourth-order valence-corrected chi connectivity index (χ4v) is 2.40. The monoisotopic (exact) mass is 273 g/mol. The second-order valence-electron chi connectivity index (χ2n) is 5.26. The molecule has 6 heteroatoms. The fourth-order valence-electron chi connectivity index (χ4n) is 2.40. The highest BCUT2D eigenvalue weighted by molar-refractivity contribution is 5.48. The van der Waals surface area contributed by atoms with Gasteiger partial charge < -0.3 is 11.1 Å². The summed E-state index contributed by atoms with van der Waals surface area (Å²) in [6, 6.07) is 2.06. The lowest BCUT2D eigenvalue weighted by atomic mass is 9.87. The highest BCUT2D eigenvalue weighted by Crippen LogP contribution is 2.32. The third kappa shape index (κ3) is 3.75. The van der Waals surface area contributed by atoms with Crippen LogP contribution in [-0.2, 0) is 6.18 Å². The smallest absolute Gasteiger partial charge is 0.384 e. The van der Waals surface area contributed by atoms with Crippen molar-refractivity contribution in [2.45, 2.75) is 44.8 Å². The number of hydrogen-bond donors (Lipinski definition) is 2. The van der Waals surface area contributed by atoms with E-state index in [0.29, 0.717) is 5.92 Å². The zero-order valence-corrected chi connectivity index (χ0v) is 10.8. The van der Waals surface area contributed by atoms with Gasteiger partial charge in [-0.2, -0.15) is 13.2 Å². The molecule has 1 saturated carbocycles. The molecule has 1 aliphatic carbocycles. The zero-order valence-electron chi connectivity index (χ0n) is 10.8. The molecule has 0 bridgehead atoms. The van der Waals surface area contributed by atoms with Crippen molar-refractivity contribution in [1.29, 1.82) is 0 Å². The summed E-state index contributed by atoms with van der Waals surface area (Å²) in [5.41, 5.74) is 4.67. The Morgan fingerprint density at radius 1 is 1.21 bits per heavy atom. The van der Waals surface area contributed by atoms with Crippen LogP contribution in [-0.4, -0.2) is 11.0 Å². The minimum atomic E-state index is -4.39. The maximum atomic E-state index is 12.7. The van der Waals surface area contributed by atoms with E-state index in [1.165, 1.54) is 0 Å². The first-order valence-electron chi connectivity index (χ1n) is 6.46. The summed E-state index contributed by atoms with van der Waals surface area (Å²) in [6.07, 6.45) is -0.301. The Kier molecular flexibility index (Phi) is 3.87. The van der Waals surface area contributed by atoms with Crippen molar-refractivity contribution in [3.63, 3.8) is 0 Å². The first-order valence-corrected chi connectivity index (χ1v) is 6.46. The quantitative estimate of drug-likeness (QED) is 0.864. The maximum Gasteiger partial charge on any atom is 0.416 e. The first-order chi connectivity index (χ1) is 8.84. The number of nitrogens with one attached hydrogen (secondary N) is 1. The van der Waals surface area contributed by atoms with Gasteiger partial charge in [0.2, 0.25) is 0 Å². The molecule has 0 aliphatic heterocycles. The number of halogens is 3. The SMILES string of the molecule is CC1CCC(Nc2cc(C(F)(F)F)cc(N)n2)CC1. The minimum absolute atomic E-state index is 0.110. The number of nitrogens with two attached hydrogens (primary N) is 1. The molecule has 3 nitrogen and oxygen atoms in total. The second kappa shape index (κ2) is 5.27. The molecule has 1 fully saturated rings. The normalized spacial score (nSPS) is 24.2. The average Bonchev–Trinajstić information content (AvgIpc) is 2.30. The molecule has 2 rings (SSSR count). The van der Waals surface area contributed by atoms with Crippen molar-refractivity contribution >= 4 is 11.6 Å². The Morgan fingerprint density at radius 2 is 1.84 bits per heavy atom. The molecule has 106 valence electrons. The topological polar surface area (TPSA) is 50.9 Å². The molecule has 0 unspecified atom stereocenters. The molecule has 1 aromatic rings. The zero-order chi connectivity index (χ0) is 14.0. The highest BCUT2D eigenvalue weighted by Gasteiger charge is 2.31. The van der Waals surface area contributed by atoms with E-state index in [-0.39, 0.29) is 17.7 Å². The van der Waals surface area contributed by atoms with Gasteiger partial charge in [-0.15, -0.1) is 0 Å². The van der Waals surface area contributed by atoms with E-state index >= 15 is 0 Å². The van der Waals surface area contributed by atoms with E-state index < -0.39 is 11.7 Å². The number of nitrogen functional groups attached to an aromatic ring is 1. The van der Waals surface area contributed by atoms with Crippen molar-refractivity contribution in [2.24, 2.45) is 5.92 Å². The molecule has 1 aliphatic rings. The van der Waals surface area contributed by atoms with Gasteiger partial charge in [0.05, 0.1) is 5.56 Å². The van der Waals surface area contributed by atoms with Crippen LogP contribution in [0.25, 0.3) is 0 Å². The summed E-state index contributed by atoms with van der Waals surface area (Å²) in [7, 11) is 0. The van der Waals surface area contributed by atoms with Gasteiger partial charge in [0.15, 0.2) is 0 Å². The molecule has 19 heavy (non-hydrogen) atoms. The van der Waals surface area contributed by atoms with Crippen LogP contribution >= 0.6 is 0 Å². The summed E-state index contributed by atoms with van der Waals surface area (Å²) in [4.78, 5) is 3.93. The molecule has 0 saturated heterocycles. The molecule has 0 aromatic carbocycles. The minimum Gasteiger partial charge on any atom is -0.384 e. The predicted octanol–water partition coefficient (Wildman–Crippen LogP) is 3.67. The lowest BCUT2D eigenvalue weighted by Gasteiger charge is -2.27. The number of hydrogen-bond acceptors (Lipinski definition) is 3. The van der Waals surface area contributed by atoms with Gasteiger partial charge >= 0.3 is 6.18 Å². The van der Waals surface area contributed by atoms with Crippen LogP contribution in [0.1, 0.15) is 38.2 Å². The van der Waals surface area contributed by atoms with Crippen LogP contribution in [0, 0.1) is 5.92 Å². The molecule has 0 radical (unpaired) electrons. The van der Waals surface area contributed by atoms with Crippen LogP contribution in [0.3, 0.4) is 0 Å². The summed E-state index contributed by atoms with van der Waals surface area (Å²) in [5.74, 6) is 0.797. The van der Waals surface area contributed by atoms with Crippen LogP contribution in [0.15, 0.2) is 12.1 Å². The maximum absolute atomic E-state index is 12.7. The van der Waals surface area contributed by atoms with E-state index in [9.17, 15) is 13.2 Å². The largest absolute Gasteiger partial charge is 0.416 e. The Hall–Kier alpha value is -1.46. The molecule has 0 atom stereocenters. The Bertz CT molecular complexity index is 437. The lowest BCUT2D eigenvalue weighted by molar-refractivity contribution is -0.137. The van der Waals surface area contributed by atoms with Gasteiger partial charge in [0.1, 0.15) is 11.6 Å². The van der Waals surface area contributed by atoms with E-state index in [1.54, 1.807) is 0 Å². The van der Waals surface area contributed by atoms with Crippen LogP contribution in [0.4, 0.5) is 24.8 Å². The molecule has 0 spiro atoms. The van der Waals surface area contributed by atoms with Crippen molar-refractivity contribution in [2.75, 3.05) is 11.1 Å². The second-order valence-corrected chi connectivity index (χ2v) is 5.26. The van der Waals surface area contributed by atoms with Crippen LogP contribution in [0.5, 0.6) is 0 Å². The third-order valence-electron chi connectivity index (χ3n) is 3.54. The Balaban J connectivity index is 2.10. The molecule has 1 heterocycles. The third-order valence-corrected chi connectivity index (χ3v) is 3.54. The average molecular weight is 273 g/mol. The molecular weight excluding hydrogens is 255 g/mol. The van der Waals surface area contributed by atoms with Gasteiger partial charge in [0.25, 0.3) is 0 Å². The number of aromatic nitrogens is 1. The standard InChI is InChI=1S/C13H18F3N3/c1-8-2-4-10(5-3-8)18-12-7-9(13(14,15)16)6-11(17)19-12/h6-8,10H,2-5H2,1H3,(H3,17,18,19). The van der Waals surface area contributed by atoms with Gasteiger partial charge in [-0.25, -0.2) is 4.98 Å². The Morgan fingerprint density at radius 3 is 2.42 bits per heavy atom. The number of anilines is 2. The van der Waals surface area contributed by atoms with E-state index in [4.69, 9.17) is 5.73 Å². The Labute approximate surface area is 110 Å². The van der Waals surface area contributed by atoms with Crippen molar-refractivity contribution < 1.29 is 13.2 Å². The van der Waals surface area contributed by atoms with Crippen molar-refractivity contribution in [3.8, 4) is 0 Å². The summed E-state index contributed by atoms with van der Waals surface area (Å²) in [6.45, 7) is 2.19. The number of nitrogens with zero attached hydrogens (tertiary/aromatic N) is 1. The highest BCUT2D eigenvalue weighted by atomic mass is 19.4. The van der Waals surface area contributed by atoms with Crippen LogP contribution < -0.4 is 11.1 Å². The van der Waals surface area contributed by atoms with Crippen LogP contribution in [0.2, 0.25) is 0 Å². The van der Waals surface area contributed by atoms with Gasteiger partial charge in [-0.3, -0.25) is 0 Å². The molecule has 3 N–H and O–H groups in total. The predicted molar refractivity (Wildman–Crippen MR) is 68.7 cm³/mol. The van der Waals surface area contributed by atoms with Gasteiger partial charge in [-0.05, 0) is 43.7 Å². The number of rotatable bonds is 2. The molecule has 0 amide bonds. The van der Waals surface area contributed by atoms with Crippen molar-refractivity contribution in [3.05, 3.63) is 17.7 Å². The first kappa shape index (κ1) is 14.0. The summed E-state index contributed by atoms with van der Waals surface area (Å²) in [5, 5.41) is 3.06. The summed E-state index contributed by atoms with van der Waals surface area (Å²) < 4.78 is 38.0. The fraction of sp³-hybridized carbons (Fsp3) is 0.615. The van der Waals surface area contributed by atoms with Crippen molar-refractivity contribution in [1.82, 2.24) is 4.98 Å². The lowest BCUT2D eigenvalue weighted by Crippen LogP contribution is -2.26.